The van der Waals surface area contributed by atoms with Crippen LogP contribution in [0.1, 0.15) is 59.7 Å². The second kappa shape index (κ2) is 10.5. The highest BCUT2D eigenvalue weighted by Gasteiger charge is 2.24. The maximum atomic E-state index is 12.9. The van der Waals surface area contributed by atoms with Gasteiger partial charge in [0.15, 0.2) is 11.2 Å². The Balaban J connectivity index is 1.85. The molecule has 32 heavy (non-hydrogen) atoms. The molecule has 0 saturated carbocycles. The van der Waals surface area contributed by atoms with Gasteiger partial charge in [-0.15, -0.1) is 0 Å². The van der Waals surface area contributed by atoms with Crippen LogP contribution in [0.2, 0.25) is 0 Å². The molecule has 0 unspecified atom stereocenters. The zero-order valence-corrected chi connectivity index (χ0v) is 20.2. The lowest BCUT2D eigenvalue weighted by atomic mass is 10.2. The molecular formula is C23H38N6O3. The lowest BCUT2D eigenvalue weighted by molar-refractivity contribution is -0.133. The molecule has 0 spiro atoms. The second-order valence-electron chi connectivity index (χ2n) is 9.48. The summed E-state index contributed by atoms with van der Waals surface area (Å²) in [5.74, 6) is 1.11. The van der Waals surface area contributed by atoms with Crippen LogP contribution in [-0.4, -0.2) is 67.0 Å². The zero-order chi connectivity index (χ0) is 23.4. The van der Waals surface area contributed by atoms with Crippen LogP contribution in [0, 0.1) is 5.92 Å². The number of nitrogens with zero attached hydrogens (tertiary/aromatic N) is 5. The van der Waals surface area contributed by atoms with Gasteiger partial charge in [-0.25, -0.2) is 9.78 Å². The molecule has 3 rings (SSSR count). The third-order valence-corrected chi connectivity index (χ3v) is 6.21. The van der Waals surface area contributed by atoms with Gasteiger partial charge in [-0.05, 0) is 26.2 Å². The van der Waals surface area contributed by atoms with E-state index in [1.807, 2.05) is 9.47 Å². The second-order valence-corrected chi connectivity index (χ2v) is 9.48. The van der Waals surface area contributed by atoms with E-state index in [0.717, 1.165) is 39.0 Å². The molecule has 0 bridgehead atoms. The first-order valence-electron chi connectivity index (χ1n) is 12.0. The summed E-state index contributed by atoms with van der Waals surface area (Å²) in [5.41, 5.74) is 0.0346. The number of hydrogen-bond acceptors (Lipinski definition) is 5. The quantitative estimate of drug-likeness (QED) is 0.634. The Labute approximate surface area is 189 Å². The third-order valence-electron chi connectivity index (χ3n) is 6.21. The number of H-pyrrole nitrogens is 1. The van der Waals surface area contributed by atoms with Crippen molar-refractivity contribution in [2.45, 2.75) is 79.4 Å². The third kappa shape index (κ3) is 5.31. The van der Waals surface area contributed by atoms with Crippen LogP contribution in [0.4, 0.5) is 0 Å². The number of nitrogens with one attached hydrogen (secondary N) is 1. The summed E-state index contributed by atoms with van der Waals surface area (Å²) >= 11 is 0. The Hall–Kier alpha value is -2.42. The predicted molar refractivity (Wildman–Crippen MR) is 126 cm³/mol. The normalized spacial score (nSPS) is 15.4. The van der Waals surface area contributed by atoms with Gasteiger partial charge in [0.2, 0.25) is 5.91 Å². The molecule has 1 fully saturated rings. The van der Waals surface area contributed by atoms with Crippen molar-refractivity contribution in [2.75, 3.05) is 26.2 Å². The van der Waals surface area contributed by atoms with E-state index in [2.05, 4.69) is 44.5 Å². The van der Waals surface area contributed by atoms with Gasteiger partial charge in [0.1, 0.15) is 5.82 Å². The van der Waals surface area contributed by atoms with Crippen LogP contribution in [0.5, 0.6) is 0 Å². The molecule has 3 heterocycles. The molecule has 2 aromatic rings. The summed E-state index contributed by atoms with van der Waals surface area (Å²) in [6, 6.07) is 0.492. The van der Waals surface area contributed by atoms with E-state index in [9.17, 15) is 14.4 Å². The minimum Gasteiger partial charge on any atom is -0.340 e. The minimum absolute atomic E-state index is 0.119. The Morgan fingerprint density at radius 1 is 1.06 bits per heavy atom. The SMILES string of the molecule is CCCCn1c(=O)[nH]c(=O)c2c1nc(CCC(=O)N1CCN(C(C)C)CC1)n2CC(C)C. The lowest BCUT2D eigenvalue weighted by Gasteiger charge is -2.37. The van der Waals surface area contributed by atoms with Crippen LogP contribution in [0.15, 0.2) is 9.59 Å². The van der Waals surface area contributed by atoms with E-state index in [0.29, 0.717) is 54.9 Å². The fraction of sp³-hybridized carbons (Fsp3) is 0.739. The highest BCUT2D eigenvalue weighted by atomic mass is 16.2. The fourth-order valence-corrected chi connectivity index (χ4v) is 4.36. The molecule has 1 aliphatic heterocycles. The van der Waals surface area contributed by atoms with Crippen molar-refractivity contribution in [3.8, 4) is 0 Å². The van der Waals surface area contributed by atoms with E-state index in [4.69, 9.17) is 4.98 Å². The summed E-state index contributed by atoms with van der Waals surface area (Å²) in [6.07, 6.45) is 2.56. The van der Waals surface area contributed by atoms with E-state index in [1.54, 1.807) is 4.57 Å². The van der Waals surface area contributed by atoms with Crippen molar-refractivity contribution in [3.63, 3.8) is 0 Å². The molecule has 178 valence electrons. The molecule has 2 aromatic heterocycles. The number of amides is 1. The van der Waals surface area contributed by atoms with E-state index in [-0.39, 0.29) is 5.91 Å². The summed E-state index contributed by atoms with van der Waals surface area (Å²) in [7, 11) is 0. The van der Waals surface area contributed by atoms with Crippen LogP contribution in [-0.2, 0) is 24.3 Å². The van der Waals surface area contributed by atoms with Gasteiger partial charge in [-0.2, -0.15) is 0 Å². The average Bonchev–Trinajstić information content (AvgIpc) is 3.09. The number of aryl methyl sites for hydroxylation is 2. The molecule has 0 radical (unpaired) electrons. The fourth-order valence-electron chi connectivity index (χ4n) is 4.36. The van der Waals surface area contributed by atoms with Crippen LogP contribution in [0.25, 0.3) is 11.2 Å². The maximum absolute atomic E-state index is 12.9. The maximum Gasteiger partial charge on any atom is 0.330 e. The minimum atomic E-state index is -0.421. The summed E-state index contributed by atoms with van der Waals surface area (Å²) in [6.45, 7) is 15.0. The Morgan fingerprint density at radius 2 is 1.75 bits per heavy atom. The largest absolute Gasteiger partial charge is 0.340 e. The van der Waals surface area contributed by atoms with Crippen LogP contribution < -0.4 is 11.2 Å². The molecule has 9 heteroatoms. The highest BCUT2D eigenvalue weighted by molar-refractivity contribution is 5.77. The molecule has 1 saturated heterocycles. The van der Waals surface area contributed by atoms with Gasteiger partial charge in [-0.3, -0.25) is 24.0 Å². The first-order valence-corrected chi connectivity index (χ1v) is 12.0. The first kappa shape index (κ1) is 24.2. The molecule has 9 nitrogen and oxygen atoms in total. The van der Waals surface area contributed by atoms with Gasteiger partial charge >= 0.3 is 5.69 Å². The first-order chi connectivity index (χ1) is 15.2. The topological polar surface area (TPSA) is 96.2 Å². The number of hydrogen-bond donors (Lipinski definition) is 1. The number of fused-ring (bicyclic) bond motifs is 1. The van der Waals surface area contributed by atoms with Gasteiger partial charge in [0.05, 0.1) is 0 Å². The van der Waals surface area contributed by atoms with Gasteiger partial charge in [0, 0.05) is 58.2 Å². The summed E-state index contributed by atoms with van der Waals surface area (Å²) in [4.78, 5) is 49.5. The Kier molecular flexibility index (Phi) is 7.92. The van der Waals surface area contributed by atoms with E-state index in [1.165, 1.54) is 0 Å². The van der Waals surface area contributed by atoms with Crippen molar-refractivity contribution in [1.29, 1.82) is 0 Å². The molecule has 1 amide bonds. The molecule has 1 N–H and O–H groups in total. The van der Waals surface area contributed by atoms with E-state index >= 15 is 0 Å². The number of carbonyl (C=O) groups excluding carboxylic acids is 1. The Morgan fingerprint density at radius 3 is 2.34 bits per heavy atom. The molecular weight excluding hydrogens is 408 g/mol. The highest BCUT2D eigenvalue weighted by Crippen LogP contribution is 2.17. The van der Waals surface area contributed by atoms with Crippen molar-refractivity contribution < 1.29 is 4.79 Å². The van der Waals surface area contributed by atoms with Crippen molar-refractivity contribution >= 4 is 17.1 Å². The average molecular weight is 447 g/mol. The molecule has 0 atom stereocenters. The van der Waals surface area contributed by atoms with Gasteiger partial charge < -0.3 is 9.47 Å². The zero-order valence-electron chi connectivity index (χ0n) is 20.2. The van der Waals surface area contributed by atoms with E-state index < -0.39 is 11.2 Å². The Bertz CT molecular complexity index is 1040. The summed E-state index contributed by atoms with van der Waals surface area (Å²) < 4.78 is 3.47. The summed E-state index contributed by atoms with van der Waals surface area (Å²) in [5, 5.41) is 0. The van der Waals surface area contributed by atoms with Crippen molar-refractivity contribution in [2.24, 2.45) is 5.92 Å². The van der Waals surface area contributed by atoms with Gasteiger partial charge in [0.25, 0.3) is 5.56 Å². The predicted octanol–water partition coefficient (Wildman–Crippen LogP) is 1.83. The molecule has 0 aromatic carbocycles. The molecule has 1 aliphatic rings. The van der Waals surface area contributed by atoms with Crippen molar-refractivity contribution in [3.05, 3.63) is 26.7 Å². The van der Waals surface area contributed by atoms with Crippen LogP contribution >= 0.6 is 0 Å². The number of unbranched alkanes of at least 4 members (excludes halogenated alkanes) is 1. The van der Waals surface area contributed by atoms with Crippen LogP contribution in [0.3, 0.4) is 0 Å². The number of aromatic nitrogens is 4. The number of rotatable bonds is 9. The standard InChI is InChI=1S/C23H38N6O3/c1-6-7-10-28-21-20(22(31)25-23(28)32)29(15-16(2)3)18(24-21)8-9-19(30)27-13-11-26(12-14-27)17(4)5/h16-17H,6-15H2,1-5H3,(H,25,31,32). The smallest absolute Gasteiger partial charge is 0.330 e. The molecule has 0 aliphatic carbocycles. The number of carbonyl (C=O) groups is 1. The lowest BCUT2D eigenvalue weighted by Crippen LogP contribution is -2.50. The monoisotopic (exact) mass is 446 g/mol. The number of imidazole rings is 1. The van der Waals surface area contributed by atoms with Crippen molar-refractivity contribution in [1.82, 2.24) is 28.9 Å². The number of piperazine rings is 1. The number of aromatic amines is 1. The van der Waals surface area contributed by atoms with Gasteiger partial charge in [-0.1, -0.05) is 27.2 Å².